The summed E-state index contributed by atoms with van der Waals surface area (Å²) < 4.78 is 10.8. The molecular formula is C17H27N3O3. The lowest BCUT2D eigenvalue weighted by Gasteiger charge is -2.42. The number of amides is 1. The summed E-state index contributed by atoms with van der Waals surface area (Å²) in [6, 6.07) is 7.74. The van der Waals surface area contributed by atoms with Crippen molar-refractivity contribution in [2.24, 2.45) is 0 Å². The van der Waals surface area contributed by atoms with Gasteiger partial charge in [0.05, 0.1) is 12.6 Å². The highest BCUT2D eigenvalue weighted by molar-refractivity contribution is 5.69. The number of ether oxygens (including phenoxy) is 2. The second-order valence-corrected chi connectivity index (χ2v) is 6.82. The number of nitrogen functional groups attached to an aromatic ring is 1. The number of benzene rings is 1. The van der Waals surface area contributed by atoms with Crippen LogP contribution in [-0.4, -0.2) is 56.0 Å². The Kier molecular flexibility index (Phi) is 5.36. The average molecular weight is 321 g/mol. The van der Waals surface area contributed by atoms with Gasteiger partial charge >= 0.3 is 6.09 Å². The summed E-state index contributed by atoms with van der Waals surface area (Å²) in [7, 11) is 1.65. The van der Waals surface area contributed by atoms with Crippen LogP contribution >= 0.6 is 0 Å². The maximum atomic E-state index is 12.4. The van der Waals surface area contributed by atoms with Crippen molar-refractivity contribution in [1.82, 2.24) is 4.90 Å². The Bertz CT molecular complexity index is 525. The number of hydrogen-bond donors (Lipinski definition) is 1. The lowest BCUT2D eigenvalue weighted by atomic mass is 10.1. The zero-order valence-corrected chi connectivity index (χ0v) is 14.4. The fourth-order valence-corrected chi connectivity index (χ4v) is 2.67. The second-order valence-electron chi connectivity index (χ2n) is 6.82. The minimum atomic E-state index is -0.497. The molecule has 6 nitrogen and oxygen atoms in total. The van der Waals surface area contributed by atoms with Gasteiger partial charge in [0, 0.05) is 38.1 Å². The van der Waals surface area contributed by atoms with Crippen molar-refractivity contribution in [2.75, 3.05) is 44.0 Å². The highest BCUT2D eigenvalue weighted by atomic mass is 16.6. The molecule has 1 amide bonds. The Morgan fingerprint density at radius 1 is 1.26 bits per heavy atom. The molecule has 0 bridgehead atoms. The number of nitrogens with zero attached hydrogens (tertiary/aromatic N) is 2. The van der Waals surface area contributed by atoms with Crippen LogP contribution in [0.4, 0.5) is 16.2 Å². The molecule has 1 aromatic carbocycles. The first-order valence-electron chi connectivity index (χ1n) is 7.89. The van der Waals surface area contributed by atoms with Gasteiger partial charge in [-0.25, -0.2) is 4.79 Å². The molecule has 0 saturated carbocycles. The first-order valence-corrected chi connectivity index (χ1v) is 7.89. The lowest BCUT2D eigenvalue weighted by molar-refractivity contribution is 0.00344. The van der Waals surface area contributed by atoms with E-state index in [0.29, 0.717) is 19.7 Å². The van der Waals surface area contributed by atoms with Crippen LogP contribution in [0, 0.1) is 0 Å². The van der Waals surface area contributed by atoms with E-state index in [9.17, 15) is 4.79 Å². The molecule has 1 fully saturated rings. The quantitative estimate of drug-likeness (QED) is 0.866. The molecular weight excluding hydrogens is 294 g/mol. The van der Waals surface area contributed by atoms with Crippen LogP contribution in [0.3, 0.4) is 0 Å². The molecule has 23 heavy (non-hydrogen) atoms. The zero-order valence-electron chi connectivity index (χ0n) is 14.4. The minimum Gasteiger partial charge on any atom is -0.444 e. The number of carbonyl (C=O) groups excluding carboxylic acids is 1. The maximum absolute atomic E-state index is 12.4. The standard InChI is InChI=1S/C17H27N3O3/c1-17(2,3)23-16(21)20-10-9-19(11-15(20)12-22-4)14-7-5-13(18)6-8-14/h5-8,15H,9-12,18H2,1-4H3/t15-/m0/s1. The Hall–Kier alpha value is -1.95. The average Bonchev–Trinajstić information content (AvgIpc) is 2.46. The van der Waals surface area contributed by atoms with E-state index in [0.717, 1.165) is 17.9 Å². The first-order chi connectivity index (χ1) is 10.8. The van der Waals surface area contributed by atoms with Crippen LogP contribution in [-0.2, 0) is 9.47 Å². The minimum absolute atomic E-state index is 0.0406. The number of piperazine rings is 1. The zero-order chi connectivity index (χ0) is 17.0. The predicted molar refractivity (Wildman–Crippen MR) is 91.7 cm³/mol. The number of methoxy groups -OCH3 is 1. The molecule has 0 aromatic heterocycles. The molecule has 2 N–H and O–H groups in total. The van der Waals surface area contributed by atoms with Gasteiger partial charge < -0.3 is 20.1 Å². The van der Waals surface area contributed by atoms with Gasteiger partial charge in [0.25, 0.3) is 0 Å². The normalized spacial score (nSPS) is 18.9. The van der Waals surface area contributed by atoms with Crippen molar-refractivity contribution in [2.45, 2.75) is 32.4 Å². The van der Waals surface area contributed by atoms with Crippen LogP contribution in [0.5, 0.6) is 0 Å². The van der Waals surface area contributed by atoms with Crippen LogP contribution in [0.2, 0.25) is 0 Å². The summed E-state index contributed by atoms with van der Waals surface area (Å²) in [4.78, 5) is 16.4. The van der Waals surface area contributed by atoms with Crippen molar-refractivity contribution >= 4 is 17.5 Å². The molecule has 1 aliphatic heterocycles. The molecule has 1 atom stereocenters. The fourth-order valence-electron chi connectivity index (χ4n) is 2.67. The molecule has 1 heterocycles. The largest absolute Gasteiger partial charge is 0.444 e. The SMILES string of the molecule is COC[C@@H]1CN(c2ccc(N)cc2)CCN1C(=O)OC(C)(C)C. The van der Waals surface area contributed by atoms with Crippen molar-refractivity contribution in [3.8, 4) is 0 Å². The van der Waals surface area contributed by atoms with Gasteiger partial charge in [0.1, 0.15) is 5.60 Å². The Morgan fingerprint density at radius 3 is 2.48 bits per heavy atom. The summed E-state index contributed by atoms with van der Waals surface area (Å²) in [6.45, 7) is 8.17. The molecule has 1 aromatic rings. The highest BCUT2D eigenvalue weighted by Gasteiger charge is 2.33. The van der Waals surface area contributed by atoms with E-state index in [1.165, 1.54) is 0 Å². The number of nitrogens with two attached hydrogens (primary N) is 1. The van der Waals surface area contributed by atoms with E-state index in [2.05, 4.69) is 4.90 Å². The van der Waals surface area contributed by atoms with Gasteiger partial charge in [-0.1, -0.05) is 0 Å². The number of anilines is 2. The molecule has 0 spiro atoms. The van der Waals surface area contributed by atoms with Gasteiger partial charge in [-0.2, -0.15) is 0 Å². The third-order valence-electron chi connectivity index (χ3n) is 3.73. The molecule has 0 radical (unpaired) electrons. The predicted octanol–water partition coefficient (Wildman–Crippen LogP) is 2.34. The van der Waals surface area contributed by atoms with Gasteiger partial charge in [-0.3, -0.25) is 4.90 Å². The number of hydrogen-bond acceptors (Lipinski definition) is 5. The third-order valence-corrected chi connectivity index (χ3v) is 3.73. The molecule has 1 aliphatic rings. The highest BCUT2D eigenvalue weighted by Crippen LogP contribution is 2.22. The van der Waals surface area contributed by atoms with E-state index in [1.54, 1.807) is 12.0 Å². The van der Waals surface area contributed by atoms with E-state index in [1.807, 2.05) is 45.0 Å². The van der Waals surface area contributed by atoms with Gasteiger partial charge in [-0.15, -0.1) is 0 Å². The Balaban J connectivity index is 2.08. The topological polar surface area (TPSA) is 68.0 Å². The maximum Gasteiger partial charge on any atom is 0.410 e. The molecule has 128 valence electrons. The number of carbonyl (C=O) groups is 1. The van der Waals surface area contributed by atoms with Crippen LogP contribution < -0.4 is 10.6 Å². The van der Waals surface area contributed by atoms with Crippen LogP contribution in [0.1, 0.15) is 20.8 Å². The summed E-state index contributed by atoms with van der Waals surface area (Å²) in [5, 5.41) is 0. The smallest absolute Gasteiger partial charge is 0.410 e. The number of rotatable bonds is 3. The lowest BCUT2D eigenvalue weighted by Crippen LogP contribution is -2.57. The molecule has 2 rings (SSSR count). The van der Waals surface area contributed by atoms with E-state index >= 15 is 0 Å². The van der Waals surface area contributed by atoms with Crippen molar-refractivity contribution in [3.63, 3.8) is 0 Å². The van der Waals surface area contributed by atoms with Crippen LogP contribution in [0.25, 0.3) is 0 Å². The molecule has 0 unspecified atom stereocenters. The Labute approximate surface area is 138 Å². The summed E-state index contributed by atoms with van der Waals surface area (Å²) >= 11 is 0. The summed E-state index contributed by atoms with van der Waals surface area (Å²) in [5.41, 5.74) is 7.09. The second kappa shape index (κ2) is 7.08. The van der Waals surface area contributed by atoms with Crippen molar-refractivity contribution < 1.29 is 14.3 Å². The first kappa shape index (κ1) is 17.4. The molecule has 6 heteroatoms. The van der Waals surface area contributed by atoms with E-state index in [4.69, 9.17) is 15.2 Å². The van der Waals surface area contributed by atoms with Gasteiger partial charge in [0.2, 0.25) is 0 Å². The van der Waals surface area contributed by atoms with E-state index < -0.39 is 5.60 Å². The van der Waals surface area contributed by atoms with Crippen molar-refractivity contribution in [3.05, 3.63) is 24.3 Å². The van der Waals surface area contributed by atoms with E-state index in [-0.39, 0.29) is 12.1 Å². The molecule has 1 saturated heterocycles. The van der Waals surface area contributed by atoms with Gasteiger partial charge in [-0.05, 0) is 45.0 Å². The third kappa shape index (κ3) is 4.76. The van der Waals surface area contributed by atoms with Crippen molar-refractivity contribution in [1.29, 1.82) is 0 Å². The Morgan fingerprint density at radius 2 is 1.91 bits per heavy atom. The molecule has 0 aliphatic carbocycles. The van der Waals surface area contributed by atoms with Gasteiger partial charge in [0.15, 0.2) is 0 Å². The summed E-state index contributed by atoms with van der Waals surface area (Å²) in [6.07, 6.45) is -0.281. The monoisotopic (exact) mass is 321 g/mol. The fraction of sp³-hybridized carbons (Fsp3) is 0.588. The summed E-state index contributed by atoms with van der Waals surface area (Å²) in [5.74, 6) is 0. The van der Waals surface area contributed by atoms with Crippen LogP contribution in [0.15, 0.2) is 24.3 Å².